The Morgan fingerprint density at radius 2 is 1.48 bits per heavy atom. The molecule has 3 aromatic carbocycles. The van der Waals surface area contributed by atoms with E-state index in [4.69, 9.17) is 0 Å². The van der Waals surface area contributed by atoms with E-state index in [1.54, 1.807) is 12.1 Å². The molecule has 2 amide bonds. The lowest BCUT2D eigenvalue weighted by Crippen LogP contribution is -2.38. The summed E-state index contributed by atoms with van der Waals surface area (Å²) < 4.78 is 0. The van der Waals surface area contributed by atoms with Crippen LogP contribution in [0.1, 0.15) is 51.1 Å². The molecule has 1 saturated heterocycles. The molecule has 3 aromatic rings. The zero-order chi connectivity index (χ0) is 22.6. The van der Waals surface area contributed by atoms with E-state index in [0.717, 1.165) is 51.1 Å². The highest BCUT2D eigenvalue weighted by Gasteiger charge is 2.25. The second kappa shape index (κ2) is 9.49. The molecule has 0 aromatic heterocycles. The average Bonchev–Trinajstić information content (AvgIpc) is 2.89. The monoisotopic (exact) mass is 439 g/mol. The maximum atomic E-state index is 13.6. The number of nitrogens with one attached hydrogen (secondary N) is 1. The normalized spacial score (nSPS) is 15.6. The van der Waals surface area contributed by atoms with Crippen molar-refractivity contribution in [1.29, 1.82) is 0 Å². The summed E-state index contributed by atoms with van der Waals surface area (Å²) in [6.07, 6.45) is 4.22. The Morgan fingerprint density at radius 1 is 0.758 bits per heavy atom. The number of carbonyl (C=O) groups excluding carboxylic acids is 2. The van der Waals surface area contributed by atoms with E-state index in [1.165, 1.54) is 17.5 Å². The molecule has 1 fully saturated rings. The van der Waals surface area contributed by atoms with E-state index in [-0.39, 0.29) is 11.8 Å². The van der Waals surface area contributed by atoms with E-state index in [1.807, 2.05) is 41.3 Å². The smallest absolute Gasteiger partial charge is 0.256 e. The summed E-state index contributed by atoms with van der Waals surface area (Å²) >= 11 is 0. The molecule has 0 bridgehead atoms. The van der Waals surface area contributed by atoms with Crippen LogP contribution in [0.25, 0.3) is 0 Å². The number of hydrogen-bond acceptors (Lipinski definition) is 3. The van der Waals surface area contributed by atoms with E-state index < -0.39 is 0 Å². The third-order valence-corrected chi connectivity index (χ3v) is 6.64. The molecule has 0 saturated carbocycles. The van der Waals surface area contributed by atoms with Gasteiger partial charge in [-0.15, -0.1) is 0 Å². The molecule has 5 heteroatoms. The molecular formula is C28H29N3O2. The van der Waals surface area contributed by atoms with Crippen molar-refractivity contribution in [2.75, 3.05) is 29.9 Å². The molecule has 2 aliphatic rings. The molecule has 0 radical (unpaired) electrons. The van der Waals surface area contributed by atoms with Crippen molar-refractivity contribution in [3.8, 4) is 0 Å². The molecule has 5 nitrogen and oxygen atoms in total. The summed E-state index contributed by atoms with van der Waals surface area (Å²) in [5.74, 6) is -0.119. The number of piperidine rings is 1. The first-order valence-corrected chi connectivity index (χ1v) is 11.8. The number of amides is 2. The number of nitrogens with zero attached hydrogens (tertiary/aromatic N) is 2. The minimum atomic E-state index is -0.174. The Kier molecular flexibility index (Phi) is 6.11. The number of rotatable bonds is 4. The van der Waals surface area contributed by atoms with Gasteiger partial charge in [-0.25, -0.2) is 0 Å². The van der Waals surface area contributed by atoms with Crippen LogP contribution in [0.5, 0.6) is 0 Å². The van der Waals surface area contributed by atoms with Gasteiger partial charge < -0.3 is 15.1 Å². The van der Waals surface area contributed by atoms with Gasteiger partial charge in [-0.2, -0.15) is 0 Å². The lowest BCUT2D eigenvalue weighted by Gasteiger charge is -2.34. The number of fused-ring (bicyclic) bond motifs is 1. The van der Waals surface area contributed by atoms with Crippen LogP contribution in [-0.4, -0.2) is 36.3 Å². The topological polar surface area (TPSA) is 52.7 Å². The Morgan fingerprint density at radius 3 is 2.27 bits per heavy atom. The highest BCUT2D eigenvalue weighted by Crippen LogP contribution is 2.31. The number of hydrogen-bond donors (Lipinski definition) is 1. The highest BCUT2D eigenvalue weighted by atomic mass is 16.2. The van der Waals surface area contributed by atoms with Gasteiger partial charge in [0.15, 0.2) is 0 Å². The van der Waals surface area contributed by atoms with E-state index in [0.29, 0.717) is 16.8 Å². The molecule has 168 valence electrons. The standard InChI is InChI=1S/C28H29N3O2/c32-27(22-10-3-1-4-11-22)29-24-13-14-26(25(19-24)28(33)30-16-7-2-8-17-30)31-18-15-21-9-5-6-12-23(21)20-31/h1,3-6,9-14,19H,2,7-8,15-18,20H2,(H,29,32). The fraction of sp³-hybridized carbons (Fsp3) is 0.286. The largest absolute Gasteiger partial charge is 0.366 e. The summed E-state index contributed by atoms with van der Waals surface area (Å²) in [4.78, 5) is 30.6. The highest BCUT2D eigenvalue weighted by molar-refractivity contribution is 6.06. The summed E-state index contributed by atoms with van der Waals surface area (Å²) in [7, 11) is 0. The van der Waals surface area contributed by atoms with Crippen LogP contribution in [0.2, 0.25) is 0 Å². The molecule has 0 aliphatic carbocycles. The molecule has 0 unspecified atom stereocenters. The first kappa shape index (κ1) is 21.3. The van der Waals surface area contributed by atoms with E-state index >= 15 is 0 Å². The average molecular weight is 440 g/mol. The Labute approximate surface area is 195 Å². The van der Waals surface area contributed by atoms with Gasteiger partial charge in [0, 0.05) is 43.1 Å². The predicted molar refractivity (Wildman–Crippen MR) is 132 cm³/mol. The Balaban J connectivity index is 1.46. The lowest BCUT2D eigenvalue weighted by molar-refractivity contribution is 0.0724. The van der Waals surface area contributed by atoms with Crippen LogP contribution in [-0.2, 0) is 13.0 Å². The van der Waals surface area contributed by atoms with Crippen LogP contribution in [0.4, 0.5) is 11.4 Å². The fourth-order valence-corrected chi connectivity index (χ4v) is 4.82. The van der Waals surface area contributed by atoms with Gasteiger partial charge in [-0.3, -0.25) is 9.59 Å². The van der Waals surface area contributed by atoms with Crippen molar-refractivity contribution in [2.45, 2.75) is 32.2 Å². The minimum absolute atomic E-state index is 0.0550. The molecule has 0 atom stereocenters. The summed E-state index contributed by atoms with van der Waals surface area (Å²) in [6, 6.07) is 23.4. The van der Waals surface area contributed by atoms with Crippen molar-refractivity contribution >= 4 is 23.2 Å². The van der Waals surface area contributed by atoms with Crippen molar-refractivity contribution in [3.63, 3.8) is 0 Å². The Hall–Kier alpha value is -3.60. The zero-order valence-corrected chi connectivity index (χ0v) is 18.8. The van der Waals surface area contributed by atoms with Crippen molar-refractivity contribution < 1.29 is 9.59 Å². The van der Waals surface area contributed by atoms with Crippen LogP contribution in [0.3, 0.4) is 0 Å². The minimum Gasteiger partial charge on any atom is -0.366 e. The molecular weight excluding hydrogens is 410 g/mol. The van der Waals surface area contributed by atoms with Crippen LogP contribution in [0, 0.1) is 0 Å². The van der Waals surface area contributed by atoms with Crippen LogP contribution < -0.4 is 10.2 Å². The van der Waals surface area contributed by atoms with Gasteiger partial charge in [0.1, 0.15) is 0 Å². The number of likely N-dealkylation sites (tertiary alicyclic amines) is 1. The second-order valence-corrected chi connectivity index (χ2v) is 8.85. The maximum absolute atomic E-state index is 13.6. The summed E-state index contributed by atoms with van der Waals surface area (Å²) in [5.41, 5.74) is 5.54. The van der Waals surface area contributed by atoms with Crippen molar-refractivity contribution in [1.82, 2.24) is 4.90 Å². The molecule has 2 heterocycles. The first-order valence-electron chi connectivity index (χ1n) is 11.8. The van der Waals surface area contributed by atoms with E-state index in [2.05, 4.69) is 34.5 Å². The van der Waals surface area contributed by atoms with Gasteiger partial charge in [-0.1, -0.05) is 42.5 Å². The van der Waals surface area contributed by atoms with Crippen LogP contribution >= 0.6 is 0 Å². The molecule has 2 aliphatic heterocycles. The van der Waals surface area contributed by atoms with Crippen molar-refractivity contribution in [3.05, 3.63) is 95.1 Å². The molecule has 0 spiro atoms. The van der Waals surface area contributed by atoms with Gasteiger partial charge in [0.25, 0.3) is 11.8 Å². The van der Waals surface area contributed by atoms with E-state index in [9.17, 15) is 9.59 Å². The third-order valence-electron chi connectivity index (χ3n) is 6.64. The number of carbonyl (C=O) groups is 2. The number of benzene rings is 3. The van der Waals surface area contributed by atoms with Crippen LogP contribution in [0.15, 0.2) is 72.8 Å². The quantitative estimate of drug-likeness (QED) is 0.613. The SMILES string of the molecule is O=C(Nc1ccc(N2CCc3ccccc3C2)c(C(=O)N2CCCCC2)c1)c1ccccc1. The molecule has 33 heavy (non-hydrogen) atoms. The van der Waals surface area contributed by atoms with Crippen molar-refractivity contribution in [2.24, 2.45) is 0 Å². The molecule has 5 rings (SSSR count). The summed E-state index contributed by atoms with van der Waals surface area (Å²) in [5, 5.41) is 2.97. The zero-order valence-electron chi connectivity index (χ0n) is 18.8. The second-order valence-electron chi connectivity index (χ2n) is 8.85. The third kappa shape index (κ3) is 4.63. The Bertz CT molecular complexity index is 1150. The van der Waals surface area contributed by atoms with Gasteiger partial charge in [0.05, 0.1) is 5.56 Å². The lowest BCUT2D eigenvalue weighted by atomic mass is 9.98. The van der Waals surface area contributed by atoms with Gasteiger partial charge in [0.2, 0.25) is 0 Å². The fourth-order valence-electron chi connectivity index (χ4n) is 4.82. The molecule has 1 N–H and O–H groups in total. The first-order chi connectivity index (χ1) is 16.2. The van der Waals surface area contributed by atoms with Gasteiger partial charge in [-0.05, 0) is 67.1 Å². The number of anilines is 2. The maximum Gasteiger partial charge on any atom is 0.256 e. The van der Waals surface area contributed by atoms with Gasteiger partial charge >= 0.3 is 0 Å². The predicted octanol–water partition coefficient (Wildman–Crippen LogP) is 5.13. The summed E-state index contributed by atoms with van der Waals surface area (Å²) in [6.45, 7) is 3.24.